The van der Waals surface area contributed by atoms with E-state index in [1.165, 1.54) is 28.8 Å². The first-order chi connectivity index (χ1) is 8.58. The first-order valence-electron chi connectivity index (χ1n) is 5.97. The number of allylic oxidation sites excluding steroid dienone is 1. The maximum Gasteiger partial charge on any atom is 0.0709 e. The highest BCUT2D eigenvalue weighted by molar-refractivity contribution is 8.02. The Hall–Kier alpha value is -1.40. The highest BCUT2D eigenvalue weighted by Gasteiger charge is 1.99. The minimum atomic E-state index is 1.08. The highest BCUT2D eigenvalue weighted by atomic mass is 32.2. The number of benzene rings is 1. The van der Waals surface area contributed by atoms with Crippen LogP contribution in [0.4, 0.5) is 5.69 Å². The summed E-state index contributed by atoms with van der Waals surface area (Å²) in [5.74, 6) is 0. The molecule has 0 spiro atoms. The SMILES string of the molecule is CC#N.CCc1cccc(NC(SC)=C(C)C)c1. The molecule has 0 heterocycles. The van der Waals surface area contributed by atoms with Gasteiger partial charge in [-0.3, -0.25) is 0 Å². The van der Waals surface area contributed by atoms with Crippen LogP contribution in [0.2, 0.25) is 0 Å². The van der Waals surface area contributed by atoms with Crippen LogP contribution < -0.4 is 5.32 Å². The van der Waals surface area contributed by atoms with Gasteiger partial charge in [0.05, 0.1) is 11.1 Å². The summed E-state index contributed by atoms with van der Waals surface area (Å²) in [5.41, 5.74) is 3.87. The Labute approximate surface area is 115 Å². The van der Waals surface area contributed by atoms with Crippen LogP contribution in [-0.4, -0.2) is 6.26 Å². The zero-order valence-electron chi connectivity index (χ0n) is 11.9. The average molecular weight is 262 g/mol. The lowest BCUT2D eigenvalue weighted by molar-refractivity contribution is 1.14. The van der Waals surface area contributed by atoms with Gasteiger partial charge in [-0.05, 0) is 49.8 Å². The van der Waals surface area contributed by atoms with E-state index in [-0.39, 0.29) is 0 Å². The topological polar surface area (TPSA) is 35.8 Å². The zero-order valence-corrected chi connectivity index (χ0v) is 12.7. The third-order valence-corrected chi connectivity index (χ3v) is 3.17. The van der Waals surface area contributed by atoms with Crippen LogP contribution >= 0.6 is 11.8 Å². The molecule has 0 bridgehead atoms. The third-order valence-electron chi connectivity index (χ3n) is 2.25. The lowest BCUT2D eigenvalue weighted by Gasteiger charge is -2.11. The number of nitrogens with one attached hydrogen (secondary N) is 1. The summed E-state index contributed by atoms with van der Waals surface area (Å²) in [6.45, 7) is 7.86. The van der Waals surface area contributed by atoms with Gasteiger partial charge in [0, 0.05) is 12.6 Å². The number of aryl methyl sites for hydroxylation is 1. The van der Waals surface area contributed by atoms with Gasteiger partial charge < -0.3 is 5.32 Å². The summed E-state index contributed by atoms with van der Waals surface area (Å²) >= 11 is 1.75. The van der Waals surface area contributed by atoms with Gasteiger partial charge in [0.1, 0.15) is 0 Å². The van der Waals surface area contributed by atoms with E-state index in [1.54, 1.807) is 17.8 Å². The molecule has 0 saturated carbocycles. The fraction of sp³-hybridized carbons (Fsp3) is 0.400. The molecule has 0 atom stereocenters. The minimum absolute atomic E-state index is 1.08. The molecular weight excluding hydrogens is 240 g/mol. The van der Waals surface area contributed by atoms with Gasteiger partial charge >= 0.3 is 0 Å². The van der Waals surface area contributed by atoms with E-state index < -0.39 is 0 Å². The van der Waals surface area contributed by atoms with Crippen molar-refractivity contribution in [2.24, 2.45) is 0 Å². The van der Waals surface area contributed by atoms with E-state index in [2.05, 4.69) is 56.6 Å². The Balaban J connectivity index is 0.000000873. The number of rotatable bonds is 4. The van der Waals surface area contributed by atoms with E-state index in [1.807, 2.05) is 0 Å². The van der Waals surface area contributed by atoms with Crippen molar-refractivity contribution >= 4 is 17.4 Å². The summed E-state index contributed by atoms with van der Waals surface area (Å²) in [6.07, 6.45) is 3.18. The molecule has 0 amide bonds. The Morgan fingerprint density at radius 2 is 2.00 bits per heavy atom. The molecule has 1 rings (SSSR count). The molecule has 1 aromatic carbocycles. The van der Waals surface area contributed by atoms with E-state index in [0.29, 0.717) is 0 Å². The van der Waals surface area contributed by atoms with Gasteiger partial charge in [-0.2, -0.15) is 5.26 Å². The fourth-order valence-corrected chi connectivity index (χ4v) is 2.01. The lowest BCUT2D eigenvalue weighted by atomic mass is 10.1. The van der Waals surface area contributed by atoms with Crippen molar-refractivity contribution in [1.82, 2.24) is 0 Å². The van der Waals surface area contributed by atoms with Gasteiger partial charge in [-0.15, -0.1) is 11.8 Å². The second kappa shape index (κ2) is 9.61. The predicted octanol–water partition coefficient (Wildman–Crippen LogP) is 4.81. The normalized spacial score (nSPS) is 8.67. The smallest absolute Gasteiger partial charge is 0.0709 e. The van der Waals surface area contributed by atoms with Crippen LogP contribution in [0.1, 0.15) is 33.3 Å². The van der Waals surface area contributed by atoms with Crippen molar-refractivity contribution in [3.63, 3.8) is 0 Å². The Kier molecular flexibility index (Phi) is 8.86. The molecule has 1 aromatic rings. The second-order valence-corrected chi connectivity index (χ2v) is 4.75. The molecule has 0 radical (unpaired) electrons. The van der Waals surface area contributed by atoms with Gasteiger partial charge in [-0.1, -0.05) is 19.1 Å². The van der Waals surface area contributed by atoms with E-state index >= 15 is 0 Å². The zero-order chi connectivity index (χ0) is 14.0. The van der Waals surface area contributed by atoms with Crippen molar-refractivity contribution in [3.8, 4) is 6.07 Å². The average Bonchev–Trinajstić information content (AvgIpc) is 2.36. The minimum Gasteiger partial charge on any atom is -0.350 e. The molecule has 1 N–H and O–H groups in total. The molecule has 0 saturated heterocycles. The molecule has 3 heteroatoms. The Morgan fingerprint density at radius 1 is 1.39 bits per heavy atom. The standard InChI is InChI=1S/C13H19NS.C2H3N/c1-5-11-7-6-8-12(9-11)14-13(15-4)10(2)3;1-2-3/h6-9,14H,5H2,1-4H3;1H3. The van der Waals surface area contributed by atoms with Gasteiger partial charge in [0.15, 0.2) is 0 Å². The van der Waals surface area contributed by atoms with Crippen molar-refractivity contribution < 1.29 is 0 Å². The monoisotopic (exact) mass is 262 g/mol. The molecule has 18 heavy (non-hydrogen) atoms. The number of hydrogen-bond donors (Lipinski definition) is 1. The van der Waals surface area contributed by atoms with Gasteiger partial charge in [0.25, 0.3) is 0 Å². The number of thioether (sulfide) groups is 1. The third kappa shape index (κ3) is 6.36. The molecule has 0 aliphatic rings. The predicted molar refractivity (Wildman–Crippen MR) is 82.6 cm³/mol. The molecule has 0 aromatic heterocycles. The Bertz CT molecular complexity index is 426. The molecular formula is C15H22N2S. The number of hydrogen-bond acceptors (Lipinski definition) is 3. The van der Waals surface area contributed by atoms with E-state index in [4.69, 9.17) is 5.26 Å². The number of nitrogens with zero attached hydrogens (tertiary/aromatic N) is 1. The van der Waals surface area contributed by atoms with E-state index in [0.717, 1.165) is 6.42 Å². The molecule has 98 valence electrons. The van der Waals surface area contributed by atoms with Crippen LogP contribution in [0.15, 0.2) is 34.9 Å². The molecule has 0 aliphatic carbocycles. The quantitative estimate of drug-likeness (QED) is 0.846. The summed E-state index contributed by atoms with van der Waals surface area (Å²) in [4.78, 5) is 0. The highest BCUT2D eigenvalue weighted by Crippen LogP contribution is 2.21. The van der Waals surface area contributed by atoms with Crippen LogP contribution in [0.25, 0.3) is 0 Å². The summed E-state index contributed by atoms with van der Waals surface area (Å²) in [6, 6.07) is 10.3. The van der Waals surface area contributed by atoms with Crippen molar-refractivity contribution in [3.05, 3.63) is 40.4 Å². The largest absolute Gasteiger partial charge is 0.350 e. The van der Waals surface area contributed by atoms with Gasteiger partial charge in [0.2, 0.25) is 0 Å². The second-order valence-electron chi connectivity index (χ2n) is 3.94. The van der Waals surface area contributed by atoms with Crippen molar-refractivity contribution in [2.45, 2.75) is 34.1 Å². The van der Waals surface area contributed by atoms with Crippen LogP contribution in [0.3, 0.4) is 0 Å². The Morgan fingerprint density at radius 3 is 2.44 bits per heavy atom. The van der Waals surface area contributed by atoms with E-state index in [9.17, 15) is 0 Å². The van der Waals surface area contributed by atoms with Crippen LogP contribution in [0, 0.1) is 11.3 Å². The number of anilines is 1. The first-order valence-corrected chi connectivity index (χ1v) is 7.19. The summed E-state index contributed by atoms with van der Waals surface area (Å²) < 4.78 is 0. The molecule has 0 unspecified atom stereocenters. The fourth-order valence-electron chi connectivity index (χ4n) is 1.38. The number of nitriles is 1. The first kappa shape index (κ1) is 16.6. The lowest BCUT2D eigenvalue weighted by Crippen LogP contribution is -1.98. The van der Waals surface area contributed by atoms with Crippen LogP contribution in [0.5, 0.6) is 0 Å². The molecule has 0 aliphatic heterocycles. The van der Waals surface area contributed by atoms with Crippen molar-refractivity contribution in [1.29, 1.82) is 5.26 Å². The van der Waals surface area contributed by atoms with Crippen LogP contribution in [-0.2, 0) is 6.42 Å². The molecule has 0 fully saturated rings. The van der Waals surface area contributed by atoms with Crippen molar-refractivity contribution in [2.75, 3.05) is 11.6 Å². The summed E-state index contributed by atoms with van der Waals surface area (Å²) in [7, 11) is 0. The maximum absolute atomic E-state index is 7.32. The van der Waals surface area contributed by atoms with Gasteiger partial charge in [-0.25, -0.2) is 0 Å². The summed E-state index contributed by atoms with van der Waals surface area (Å²) in [5, 5.41) is 12.0. The maximum atomic E-state index is 7.32. The molecule has 2 nitrogen and oxygen atoms in total.